The third-order valence-corrected chi connectivity index (χ3v) is 5.17. The van der Waals surface area contributed by atoms with Gasteiger partial charge in [0.25, 0.3) is 0 Å². The van der Waals surface area contributed by atoms with Crippen LogP contribution >= 0.6 is 11.8 Å². The number of nitrogens with zero attached hydrogens (tertiary/aromatic N) is 1. The van der Waals surface area contributed by atoms with E-state index in [9.17, 15) is 0 Å². The van der Waals surface area contributed by atoms with Crippen LogP contribution in [-0.4, -0.2) is 5.04 Å². The molecule has 0 unspecified atom stereocenters. The average molecular weight is 279 g/mol. The van der Waals surface area contributed by atoms with Gasteiger partial charge < -0.3 is 0 Å². The fraction of sp³-hybridized carbons (Fsp3) is 0.167. The van der Waals surface area contributed by atoms with Gasteiger partial charge in [-0.2, -0.15) is 0 Å². The van der Waals surface area contributed by atoms with Crippen molar-refractivity contribution in [2.24, 2.45) is 4.99 Å². The van der Waals surface area contributed by atoms with Gasteiger partial charge in [-0.25, -0.2) is 4.99 Å². The highest BCUT2D eigenvalue weighted by atomic mass is 32.2. The average Bonchev–Trinajstić information content (AvgIpc) is 2.48. The van der Waals surface area contributed by atoms with Gasteiger partial charge in [-0.1, -0.05) is 66.4 Å². The number of aryl methyl sites for hydroxylation is 1. The molecule has 1 atom stereocenters. The summed E-state index contributed by atoms with van der Waals surface area (Å²) in [6.45, 7) is 8.50. The maximum atomic E-state index is 4.79. The lowest BCUT2D eigenvalue weighted by Gasteiger charge is -2.42. The monoisotopic (exact) mass is 279 g/mol. The van der Waals surface area contributed by atoms with Crippen molar-refractivity contribution in [3.05, 3.63) is 77.2 Å². The van der Waals surface area contributed by atoms with Gasteiger partial charge in [0.1, 0.15) is 0 Å². The Labute approximate surface area is 124 Å². The Bertz CT molecular complexity index is 670. The molecular weight excluding hydrogens is 262 g/mol. The summed E-state index contributed by atoms with van der Waals surface area (Å²) in [4.78, 5) is 5.95. The van der Waals surface area contributed by atoms with Gasteiger partial charge in [0.05, 0.1) is 16.1 Å². The van der Waals surface area contributed by atoms with Gasteiger partial charge in [-0.05, 0) is 31.5 Å². The van der Waals surface area contributed by atoms with Gasteiger partial charge >= 0.3 is 0 Å². The van der Waals surface area contributed by atoms with Crippen molar-refractivity contribution >= 4 is 22.5 Å². The molecule has 1 nitrogen and oxygen atoms in total. The normalized spacial score (nSPS) is 23.7. The van der Waals surface area contributed by atoms with E-state index in [2.05, 4.69) is 44.7 Å². The number of benzene rings is 2. The number of rotatable bonds is 2. The Morgan fingerprint density at radius 1 is 1.00 bits per heavy atom. The van der Waals surface area contributed by atoms with Crippen LogP contribution < -0.4 is 0 Å². The highest BCUT2D eigenvalue weighted by Crippen LogP contribution is 2.53. The van der Waals surface area contributed by atoms with E-state index in [0.717, 1.165) is 15.6 Å². The summed E-state index contributed by atoms with van der Waals surface area (Å²) in [5.41, 5.74) is 3.40. The molecule has 1 aliphatic heterocycles. The molecule has 0 aromatic heterocycles. The summed E-state index contributed by atoms with van der Waals surface area (Å²) in [7, 11) is 0. The van der Waals surface area contributed by atoms with Crippen LogP contribution in [0.2, 0.25) is 0 Å². The number of hydrogen-bond acceptors (Lipinski definition) is 2. The SMILES string of the molecule is C=C1SC(=Nc2ccccc2)[C@@]1(C)c1ccc(C)cc1. The number of hydrogen-bond donors (Lipinski definition) is 0. The number of aliphatic imine (C=N–C) groups is 1. The van der Waals surface area contributed by atoms with Crippen LogP contribution in [-0.2, 0) is 5.41 Å². The molecule has 0 N–H and O–H groups in total. The highest BCUT2D eigenvalue weighted by molar-refractivity contribution is 8.20. The lowest BCUT2D eigenvalue weighted by molar-refractivity contribution is 0.794. The summed E-state index contributed by atoms with van der Waals surface area (Å²) in [6.07, 6.45) is 0. The standard InChI is InChI=1S/C18H17NS/c1-13-9-11-15(12-10-13)18(3)14(2)20-17(18)19-16-7-5-4-6-8-16/h4-12H,2H2,1,3H3/t18-/m1/s1. The van der Waals surface area contributed by atoms with Crippen LogP contribution in [0.3, 0.4) is 0 Å². The quantitative estimate of drug-likeness (QED) is 0.732. The molecule has 1 heterocycles. The van der Waals surface area contributed by atoms with E-state index < -0.39 is 0 Å². The van der Waals surface area contributed by atoms with Gasteiger partial charge in [0.15, 0.2) is 0 Å². The van der Waals surface area contributed by atoms with Gasteiger partial charge in [-0.3, -0.25) is 0 Å². The topological polar surface area (TPSA) is 12.4 Å². The Morgan fingerprint density at radius 2 is 1.65 bits per heavy atom. The van der Waals surface area contributed by atoms with E-state index in [4.69, 9.17) is 4.99 Å². The summed E-state index contributed by atoms with van der Waals surface area (Å²) in [5.74, 6) is 0. The van der Waals surface area contributed by atoms with Crippen molar-refractivity contribution in [2.75, 3.05) is 0 Å². The second-order valence-electron chi connectivity index (χ2n) is 5.27. The van der Waals surface area contributed by atoms with E-state index in [1.807, 2.05) is 30.3 Å². The van der Waals surface area contributed by atoms with Crippen molar-refractivity contribution in [1.82, 2.24) is 0 Å². The van der Waals surface area contributed by atoms with Gasteiger partial charge in [0.2, 0.25) is 0 Å². The Balaban J connectivity index is 2.00. The van der Waals surface area contributed by atoms with Crippen molar-refractivity contribution in [1.29, 1.82) is 0 Å². The van der Waals surface area contributed by atoms with Crippen molar-refractivity contribution in [3.63, 3.8) is 0 Å². The fourth-order valence-corrected chi connectivity index (χ4v) is 3.41. The van der Waals surface area contributed by atoms with Crippen LogP contribution in [0.5, 0.6) is 0 Å². The molecule has 2 aromatic rings. The van der Waals surface area contributed by atoms with Gasteiger partial charge in [-0.15, -0.1) is 0 Å². The molecule has 0 amide bonds. The van der Waals surface area contributed by atoms with Gasteiger partial charge in [0, 0.05) is 4.91 Å². The first-order valence-electron chi connectivity index (χ1n) is 6.69. The zero-order valence-electron chi connectivity index (χ0n) is 11.8. The lowest BCUT2D eigenvalue weighted by Crippen LogP contribution is -2.40. The third kappa shape index (κ3) is 2.10. The molecule has 20 heavy (non-hydrogen) atoms. The van der Waals surface area contributed by atoms with Crippen LogP contribution in [0.25, 0.3) is 0 Å². The Hall–Kier alpha value is -1.80. The largest absolute Gasteiger partial charge is 0.245 e. The molecule has 100 valence electrons. The minimum atomic E-state index is -0.145. The van der Waals surface area contributed by atoms with Crippen LogP contribution in [0.1, 0.15) is 18.1 Å². The zero-order chi connectivity index (χ0) is 14.2. The molecule has 1 aliphatic rings. The first-order chi connectivity index (χ1) is 9.60. The van der Waals surface area contributed by atoms with Crippen molar-refractivity contribution in [3.8, 4) is 0 Å². The Morgan fingerprint density at radius 3 is 2.25 bits per heavy atom. The molecule has 0 bridgehead atoms. The maximum Gasteiger partial charge on any atom is 0.0935 e. The molecule has 0 saturated carbocycles. The predicted octanol–water partition coefficient (Wildman–Crippen LogP) is 5.24. The number of thioether (sulfide) groups is 1. The first kappa shape index (κ1) is 13.2. The molecule has 0 aliphatic carbocycles. The van der Waals surface area contributed by atoms with E-state index in [0.29, 0.717) is 0 Å². The number of para-hydroxylation sites is 1. The van der Waals surface area contributed by atoms with Crippen LogP contribution in [0.4, 0.5) is 5.69 Å². The molecular formula is C18H17NS. The summed E-state index contributed by atoms with van der Waals surface area (Å²) in [5, 5.41) is 1.12. The molecule has 2 heteroatoms. The Kier molecular flexibility index (Phi) is 3.27. The third-order valence-electron chi connectivity index (χ3n) is 3.82. The minimum Gasteiger partial charge on any atom is -0.245 e. The van der Waals surface area contributed by atoms with Crippen LogP contribution in [0, 0.1) is 6.92 Å². The molecule has 1 saturated heterocycles. The highest BCUT2D eigenvalue weighted by Gasteiger charge is 2.45. The molecule has 3 rings (SSSR count). The maximum absolute atomic E-state index is 4.79. The van der Waals surface area contributed by atoms with E-state index in [1.54, 1.807) is 11.8 Å². The van der Waals surface area contributed by atoms with E-state index >= 15 is 0 Å². The lowest BCUT2D eigenvalue weighted by atomic mass is 9.82. The van der Waals surface area contributed by atoms with E-state index in [1.165, 1.54) is 11.1 Å². The smallest absolute Gasteiger partial charge is 0.0935 e. The summed E-state index contributed by atoms with van der Waals surface area (Å²) >= 11 is 1.68. The fourth-order valence-electron chi connectivity index (χ4n) is 2.32. The summed E-state index contributed by atoms with van der Waals surface area (Å²) < 4.78 is 0. The van der Waals surface area contributed by atoms with Crippen LogP contribution in [0.15, 0.2) is 71.1 Å². The minimum absolute atomic E-state index is 0.145. The summed E-state index contributed by atoms with van der Waals surface area (Å²) in [6, 6.07) is 18.8. The first-order valence-corrected chi connectivity index (χ1v) is 7.51. The van der Waals surface area contributed by atoms with Crippen molar-refractivity contribution < 1.29 is 0 Å². The molecule has 0 radical (unpaired) electrons. The van der Waals surface area contributed by atoms with E-state index in [-0.39, 0.29) is 5.41 Å². The molecule has 2 aromatic carbocycles. The predicted molar refractivity (Wildman–Crippen MR) is 88.8 cm³/mol. The zero-order valence-corrected chi connectivity index (χ0v) is 12.6. The van der Waals surface area contributed by atoms with Crippen molar-refractivity contribution in [2.45, 2.75) is 19.3 Å². The molecule has 1 fully saturated rings. The number of allylic oxidation sites excluding steroid dienone is 1. The second kappa shape index (κ2) is 4.95. The second-order valence-corrected chi connectivity index (χ2v) is 6.35. The molecule has 0 spiro atoms.